The third-order valence-electron chi connectivity index (χ3n) is 4.57. The van der Waals surface area contributed by atoms with Crippen LogP contribution in [0.4, 0.5) is 14.9 Å². The molecule has 1 N–H and O–H groups in total. The molecule has 1 aliphatic heterocycles. The Bertz CT molecular complexity index is 807. The van der Waals surface area contributed by atoms with Crippen LogP contribution in [-0.4, -0.2) is 23.8 Å². The lowest BCUT2D eigenvalue weighted by atomic mass is 10.1. The number of benzene rings is 2. The quantitative estimate of drug-likeness (QED) is 0.901. The first-order chi connectivity index (χ1) is 12.1. The normalized spacial score (nSPS) is 16.4. The van der Waals surface area contributed by atoms with Gasteiger partial charge in [0.15, 0.2) is 11.5 Å². The number of carbonyl (C=O) groups excluding carboxylic acids is 1. The van der Waals surface area contributed by atoms with E-state index in [0.717, 1.165) is 12.8 Å². The summed E-state index contributed by atoms with van der Waals surface area (Å²) >= 11 is 0. The summed E-state index contributed by atoms with van der Waals surface area (Å²) in [5, 5.41) is 2.89. The molecule has 2 aliphatic rings. The third-order valence-corrected chi connectivity index (χ3v) is 4.57. The minimum atomic E-state index is -0.345. The van der Waals surface area contributed by atoms with Gasteiger partial charge in [-0.05, 0) is 38.0 Å². The summed E-state index contributed by atoms with van der Waals surface area (Å²) in [7, 11) is 0. The van der Waals surface area contributed by atoms with E-state index in [0.29, 0.717) is 22.7 Å². The van der Waals surface area contributed by atoms with Crippen molar-refractivity contribution in [3.8, 4) is 11.5 Å². The van der Waals surface area contributed by atoms with E-state index in [1.165, 1.54) is 6.07 Å². The van der Waals surface area contributed by atoms with Crippen LogP contribution in [0.25, 0.3) is 0 Å². The predicted molar refractivity (Wildman–Crippen MR) is 91.3 cm³/mol. The monoisotopic (exact) mass is 342 g/mol. The SMILES string of the molecule is C[C@H](c1ccccc1F)N(C(=O)Nc1ccc2c(c1)OCO2)C1CC1. The number of ether oxygens (including phenoxy) is 2. The van der Waals surface area contributed by atoms with E-state index in [2.05, 4.69) is 5.32 Å². The van der Waals surface area contributed by atoms with Gasteiger partial charge in [-0.15, -0.1) is 0 Å². The van der Waals surface area contributed by atoms with Gasteiger partial charge in [0, 0.05) is 23.4 Å². The van der Waals surface area contributed by atoms with Crippen molar-refractivity contribution in [3.63, 3.8) is 0 Å². The predicted octanol–water partition coefficient (Wildman–Crippen LogP) is 4.31. The van der Waals surface area contributed by atoms with E-state index in [9.17, 15) is 9.18 Å². The fourth-order valence-corrected chi connectivity index (χ4v) is 3.14. The van der Waals surface area contributed by atoms with Crippen molar-refractivity contribution in [1.29, 1.82) is 0 Å². The molecule has 1 atom stereocenters. The summed E-state index contributed by atoms with van der Waals surface area (Å²) in [4.78, 5) is 14.6. The molecule has 1 fully saturated rings. The number of nitrogens with one attached hydrogen (secondary N) is 1. The molecule has 0 radical (unpaired) electrons. The fraction of sp³-hybridized carbons (Fsp3) is 0.316. The first kappa shape index (κ1) is 15.7. The van der Waals surface area contributed by atoms with E-state index in [4.69, 9.17) is 9.47 Å². The standard InChI is InChI=1S/C19H19FN2O3/c1-12(15-4-2-3-5-16(15)20)22(14-7-8-14)19(23)21-13-6-9-17-18(10-13)25-11-24-17/h2-6,9-10,12,14H,7-8,11H2,1H3,(H,21,23)/t12-/m1/s1. The minimum Gasteiger partial charge on any atom is -0.454 e. The van der Waals surface area contributed by atoms with Gasteiger partial charge in [0.05, 0.1) is 6.04 Å². The first-order valence-electron chi connectivity index (χ1n) is 8.37. The van der Waals surface area contributed by atoms with E-state index in [1.807, 2.05) is 6.92 Å². The van der Waals surface area contributed by atoms with Crippen LogP contribution in [0.3, 0.4) is 0 Å². The van der Waals surface area contributed by atoms with Crippen LogP contribution >= 0.6 is 0 Å². The zero-order valence-electron chi connectivity index (χ0n) is 13.9. The van der Waals surface area contributed by atoms with Gasteiger partial charge >= 0.3 is 6.03 Å². The molecule has 2 aromatic carbocycles. The molecule has 0 aromatic heterocycles. The topological polar surface area (TPSA) is 50.8 Å². The number of amides is 2. The summed E-state index contributed by atoms with van der Waals surface area (Å²) < 4.78 is 24.7. The maximum atomic E-state index is 14.1. The van der Waals surface area contributed by atoms with Crippen molar-refractivity contribution in [3.05, 3.63) is 53.8 Å². The van der Waals surface area contributed by atoms with Crippen LogP contribution in [0, 0.1) is 5.82 Å². The van der Waals surface area contributed by atoms with Crippen molar-refractivity contribution in [2.75, 3.05) is 12.1 Å². The Morgan fingerprint density at radius 3 is 2.72 bits per heavy atom. The molecular weight excluding hydrogens is 323 g/mol. The Morgan fingerprint density at radius 2 is 1.96 bits per heavy atom. The minimum absolute atomic E-state index is 0.142. The van der Waals surface area contributed by atoms with E-state index >= 15 is 0 Å². The molecular formula is C19H19FN2O3. The summed E-state index contributed by atoms with van der Waals surface area (Å²) in [5.41, 5.74) is 1.15. The molecule has 0 saturated heterocycles. The largest absolute Gasteiger partial charge is 0.454 e. The van der Waals surface area contributed by atoms with Crippen molar-refractivity contribution >= 4 is 11.7 Å². The molecule has 0 bridgehead atoms. The van der Waals surface area contributed by atoms with Crippen LogP contribution in [0.2, 0.25) is 0 Å². The molecule has 4 rings (SSSR count). The van der Waals surface area contributed by atoms with Crippen molar-refractivity contribution < 1.29 is 18.7 Å². The smallest absolute Gasteiger partial charge is 0.322 e. The highest BCUT2D eigenvalue weighted by atomic mass is 19.1. The van der Waals surface area contributed by atoms with Crippen LogP contribution in [0.5, 0.6) is 11.5 Å². The fourth-order valence-electron chi connectivity index (χ4n) is 3.14. The molecule has 1 saturated carbocycles. The number of fused-ring (bicyclic) bond motifs is 1. The zero-order valence-corrected chi connectivity index (χ0v) is 13.9. The Morgan fingerprint density at radius 1 is 1.20 bits per heavy atom. The molecule has 5 nitrogen and oxygen atoms in total. The highest BCUT2D eigenvalue weighted by molar-refractivity contribution is 5.90. The number of urea groups is 1. The Hall–Kier alpha value is -2.76. The Kier molecular flexibility index (Phi) is 3.95. The van der Waals surface area contributed by atoms with E-state index in [1.54, 1.807) is 41.3 Å². The molecule has 2 amide bonds. The van der Waals surface area contributed by atoms with Crippen molar-refractivity contribution in [2.24, 2.45) is 0 Å². The van der Waals surface area contributed by atoms with Gasteiger partial charge in [0.1, 0.15) is 5.82 Å². The van der Waals surface area contributed by atoms with Crippen LogP contribution in [0.15, 0.2) is 42.5 Å². The maximum Gasteiger partial charge on any atom is 0.322 e. The average Bonchev–Trinajstić information content (AvgIpc) is 3.31. The third kappa shape index (κ3) is 3.12. The lowest BCUT2D eigenvalue weighted by Gasteiger charge is -2.30. The van der Waals surface area contributed by atoms with Gasteiger partial charge in [0.2, 0.25) is 6.79 Å². The first-order valence-corrected chi connectivity index (χ1v) is 8.37. The number of hydrogen-bond donors (Lipinski definition) is 1. The second-order valence-electron chi connectivity index (χ2n) is 6.33. The maximum absolute atomic E-state index is 14.1. The van der Waals surface area contributed by atoms with Gasteiger partial charge in [-0.25, -0.2) is 9.18 Å². The number of anilines is 1. The summed E-state index contributed by atoms with van der Waals surface area (Å²) in [6.07, 6.45) is 1.88. The van der Waals surface area contributed by atoms with Crippen LogP contribution in [-0.2, 0) is 0 Å². The zero-order chi connectivity index (χ0) is 17.4. The second kappa shape index (κ2) is 6.27. The highest BCUT2D eigenvalue weighted by Gasteiger charge is 2.37. The lowest BCUT2D eigenvalue weighted by molar-refractivity contribution is 0.174. The summed E-state index contributed by atoms with van der Waals surface area (Å²) in [5.74, 6) is 0.978. The second-order valence-corrected chi connectivity index (χ2v) is 6.33. The van der Waals surface area contributed by atoms with Gasteiger partial charge < -0.3 is 19.7 Å². The molecule has 1 aliphatic carbocycles. The summed E-state index contributed by atoms with van der Waals surface area (Å²) in [6, 6.07) is 11.4. The summed E-state index contributed by atoms with van der Waals surface area (Å²) in [6.45, 7) is 2.04. The number of rotatable bonds is 4. The molecule has 2 aromatic rings. The Labute approximate surface area is 145 Å². The van der Waals surface area contributed by atoms with Gasteiger partial charge in [-0.2, -0.15) is 0 Å². The number of halogens is 1. The van der Waals surface area contributed by atoms with E-state index < -0.39 is 0 Å². The molecule has 6 heteroatoms. The number of hydrogen-bond acceptors (Lipinski definition) is 3. The van der Waals surface area contributed by atoms with Crippen molar-refractivity contribution in [2.45, 2.75) is 31.8 Å². The van der Waals surface area contributed by atoms with Crippen LogP contribution in [0.1, 0.15) is 31.4 Å². The van der Waals surface area contributed by atoms with Crippen molar-refractivity contribution in [1.82, 2.24) is 4.90 Å². The number of carbonyl (C=O) groups is 1. The molecule has 0 spiro atoms. The Balaban J connectivity index is 1.55. The van der Waals surface area contributed by atoms with Crippen LogP contribution < -0.4 is 14.8 Å². The van der Waals surface area contributed by atoms with Gasteiger partial charge in [-0.1, -0.05) is 18.2 Å². The molecule has 25 heavy (non-hydrogen) atoms. The molecule has 0 unspecified atom stereocenters. The molecule has 130 valence electrons. The van der Waals surface area contributed by atoms with Gasteiger partial charge in [0.25, 0.3) is 0 Å². The highest BCUT2D eigenvalue weighted by Crippen LogP contribution is 2.37. The molecule has 1 heterocycles. The average molecular weight is 342 g/mol. The van der Waals surface area contributed by atoms with E-state index in [-0.39, 0.29) is 30.7 Å². The lowest BCUT2D eigenvalue weighted by Crippen LogP contribution is -2.39. The number of nitrogens with zero attached hydrogens (tertiary/aromatic N) is 1. The van der Waals surface area contributed by atoms with Gasteiger partial charge in [-0.3, -0.25) is 0 Å².